The van der Waals surface area contributed by atoms with Gasteiger partial charge in [-0.05, 0) is 20.1 Å². The van der Waals surface area contributed by atoms with Crippen LogP contribution in [0.3, 0.4) is 0 Å². The summed E-state index contributed by atoms with van der Waals surface area (Å²) in [6, 6.07) is -0.126. The molecule has 0 amide bonds. The van der Waals surface area contributed by atoms with Gasteiger partial charge in [0.25, 0.3) is 0 Å². The molecule has 3 rings (SSSR count). The normalized spacial score (nSPS) is 44.8. The maximum Gasteiger partial charge on any atom is 0.180 e. The molecule has 0 radical (unpaired) electrons. The lowest BCUT2D eigenvalue weighted by molar-refractivity contribution is -0.280. The Balaban J connectivity index is 1.51. The molecule has 11 atom stereocenters. The molecule has 11 heteroatoms. The van der Waals surface area contributed by atoms with Gasteiger partial charge in [0.15, 0.2) is 12.6 Å². The zero-order valence-corrected chi connectivity index (χ0v) is 21.3. The molecule has 33 heavy (non-hydrogen) atoms. The van der Waals surface area contributed by atoms with E-state index in [1.54, 1.807) is 18.9 Å². The lowest BCUT2D eigenvalue weighted by Gasteiger charge is -2.43. The number of rotatable bonds is 9. The minimum Gasteiger partial charge on any atom is -0.392 e. The van der Waals surface area contributed by atoms with E-state index in [1.807, 2.05) is 20.1 Å². The van der Waals surface area contributed by atoms with E-state index in [-0.39, 0.29) is 36.2 Å². The smallest absolute Gasteiger partial charge is 0.180 e. The number of hydroxylamine groups is 1. The van der Waals surface area contributed by atoms with E-state index in [0.717, 1.165) is 0 Å². The van der Waals surface area contributed by atoms with Gasteiger partial charge < -0.3 is 39.2 Å². The molecule has 0 aromatic rings. The Kier molecular flexibility index (Phi) is 10.7. The second-order valence-corrected chi connectivity index (χ2v) is 10.5. The quantitative estimate of drug-likeness (QED) is 0.333. The van der Waals surface area contributed by atoms with Crippen LogP contribution in [-0.4, -0.2) is 109 Å². The van der Waals surface area contributed by atoms with Crippen molar-refractivity contribution in [2.24, 2.45) is 0 Å². The average Bonchev–Trinajstić information content (AvgIpc) is 2.76. The largest absolute Gasteiger partial charge is 0.392 e. The number of aliphatic hydroxyl groups excluding tert-OH is 2. The number of ether oxygens (including phenoxy) is 5. The molecule has 0 aromatic heterocycles. The maximum absolute atomic E-state index is 11.0. The maximum atomic E-state index is 11.0. The summed E-state index contributed by atoms with van der Waals surface area (Å²) >= 11 is 1.58. The van der Waals surface area contributed by atoms with Gasteiger partial charge in [0.1, 0.15) is 12.2 Å². The molecule has 3 aliphatic rings. The van der Waals surface area contributed by atoms with Crippen molar-refractivity contribution in [1.82, 2.24) is 10.8 Å². The Morgan fingerprint density at radius 2 is 1.76 bits per heavy atom. The highest BCUT2D eigenvalue weighted by molar-refractivity contribution is 7.99. The Morgan fingerprint density at radius 1 is 1.00 bits per heavy atom. The average molecular weight is 495 g/mol. The Labute approximate surface area is 201 Å². The zero-order valence-electron chi connectivity index (χ0n) is 20.5. The highest BCUT2D eigenvalue weighted by Gasteiger charge is 2.43. The highest BCUT2D eigenvalue weighted by atomic mass is 32.2. The number of aliphatic hydroxyl groups is 2. The fraction of sp³-hybridized carbons (Fsp3) is 1.00. The summed E-state index contributed by atoms with van der Waals surface area (Å²) in [7, 11) is 1.69. The van der Waals surface area contributed by atoms with E-state index >= 15 is 0 Å². The first-order valence-corrected chi connectivity index (χ1v) is 13.1. The van der Waals surface area contributed by atoms with Crippen LogP contribution in [0.5, 0.6) is 0 Å². The Hall–Kier alpha value is -0.0500. The lowest BCUT2D eigenvalue weighted by atomic mass is 9.98. The van der Waals surface area contributed by atoms with Gasteiger partial charge in [-0.2, -0.15) is 17.2 Å². The first kappa shape index (κ1) is 27.5. The predicted molar refractivity (Wildman–Crippen MR) is 124 cm³/mol. The molecule has 2 unspecified atom stereocenters. The molecule has 0 saturated carbocycles. The molecule has 0 aromatic carbocycles. The summed E-state index contributed by atoms with van der Waals surface area (Å²) < 4.78 is 29.3. The molecule has 3 aliphatic heterocycles. The van der Waals surface area contributed by atoms with Crippen molar-refractivity contribution in [3.05, 3.63) is 0 Å². The van der Waals surface area contributed by atoms with E-state index in [4.69, 9.17) is 28.5 Å². The molecular formula is C22H42N2O8S. The second-order valence-electron chi connectivity index (χ2n) is 9.44. The van der Waals surface area contributed by atoms with Crippen LogP contribution in [-0.2, 0) is 28.5 Å². The lowest BCUT2D eigenvalue weighted by Crippen LogP contribution is -2.61. The third kappa shape index (κ3) is 7.23. The Morgan fingerprint density at radius 3 is 2.39 bits per heavy atom. The van der Waals surface area contributed by atoms with E-state index in [9.17, 15) is 10.2 Å². The summed E-state index contributed by atoms with van der Waals surface area (Å²) in [5.74, 6) is 0. The van der Waals surface area contributed by atoms with Crippen molar-refractivity contribution < 1.29 is 38.7 Å². The summed E-state index contributed by atoms with van der Waals surface area (Å²) in [4.78, 5) is 5.72. The van der Waals surface area contributed by atoms with Crippen molar-refractivity contribution >= 4 is 11.8 Å². The number of nitrogens with one attached hydrogen (secondary N) is 2. The van der Waals surface area contributed by atoms with Gasteiger partial charge >= 0.3 is 0 Å². The van der Waals surface area contributed by atoms with Crippen LogP contribution in [0.15, 0.2) is 0 Å². The summed E-state index contributed by atoms with van der Waals surface area (Å²) in [5, 5.41) is 24.8. The summed E-state index contributed by atoms with van der Waals surface area (Å²) in [5.41, 5.74) is 2.91. The van der Waals surface area contributed by atoms with Crippen molar-refractivity contribution in [3.8, 4) is 0 Å². The first-order chi connectivity index (χ1) is 15.7. The van der Waals surface area contributed by atoms with Gasteiger partial charge in [-0.15, -0.1) is 0 Å². The van der Waals surface area contributed by atoms with Crippen molar-refractivity contribution in [1.29, 1.82) is 0 Å². The zero-order chi connectivity index (χ0) is 24.1. The first-order valence-electron chi connectivity index (χ1n) is 11.9. The van der Waals surface area contributed by atoms with Crippen LogP contribution in [0.1, 0.15) is 40.5 Å². The van der Waals surface area contributed by atoms with Crippen molar-refractivity contribution in [2.75, 3.05) is 26.6 Å². The Bertz CT molecular complexity index is 579. The van der Waals surface area contributed by atoms with Crippen LogP contribution in [0.2, 0.25) is 0 Å². The molecule has 194 valence electrons. The number of hydrogen-bond donors (Lipinski definition) is 4. The van der Waals surface area contributed by atoms with E-state index in [0.29, 0.717) is 25.5 Å². The molecule has 0 spiro atoms. The molecule has 0 aliphatic carbocycles. The molecular weight excluding hydrogens is 452 g/mol. The SMILES string of the molecule is CO[C@H]1C[C@H](OC2CO[C@H](C)[C@@H](NOC3C[C@H](O)[C@H](SC)[C@@H](C)O3)[C@@H]2O)OC[C@@H]1NC(C)C. The minimum absolute atomic E-state index is 0.00640. The number of methoxy groups -OCH3 is 1. The fourth-order valence-electron chi connectivity index (χ4n) is 4.71. The van der Waals surface area contributed by atoms with Gasteiger partial charge in [0.2, 0.25) is 0 Å². The topological polar surface area (TPSA) is 120 Å². The number of hydrogen-bond acceptors (Lipinski definition) is 11. The van der Waals surface area contributed by atoms with Crippen LogP contribution < -0.4 is 10.8 Å². The number of thioether (sulfide) groups is 1. The third-order valence-corrected chi connectivity index (χ3v) is 7.78. The van der Waals surface area contributed by atoms with Crippen molar-refractivity contribution in [3.63, 3.8) is 0 Å². The van der Waals surface area contributed by atoms with Crippen molar-refractivity contribution in [2.45, 2.75) is 113 Å². The van der Waals surface area contributed by atoms with Crippen LogP contribution in [0.4, 0.5) is 0 Å². The molecule has 3 heterocycles. The monoisotopic (exact) mass is 494 g/mol. The standard InChI is InChI=1S/C22H42N2O8S/c1-11(2)23-14-9-29-18(8-16(14)27-5)31-17-10-28-12(3)20(21(17)26)24-32-19-7-15(25)22(33-6)13(4)30-19/h11-26H,7-10H2,1-6H3/t12-,13-,14+,15+,16+,17?,18+,19?,20-,21-,22-/m1/s1. The van der Waals surface area contributed by atoms with Crippen LogP contribution in [0, 0.1) is 0 Å². The summed E-state index contributed by atoms with van der Waals surface area (Å²) in [6.07, 6.45) is -0.756. The van der Waals surface area contributed by atoms with Gasteiger partial charge in [-0.25, -0.2) is 0 Å². The predicted octanol–water partition coefficient (Wildman–Crippen LogP) is 0.396. The van der Waals surface area contributed by atoms with Crippen LogP contribution in [0.25, 0.3) is 0 Å². The molecule has 10 nitrogen and oxygen atoms in total. The van der Waals surface area contributed by atoms with E-state index < -0.39 is 36.9 Å². The van der Waals surface area contributed by atoms with E-state index in [1.165, 1.54) is 0 Å². The third-order valence-electron chi connectivity index (χ3n) is 6.54. The van der Waals surface area contributed by atoms with E-state index in [2.05, 4.69) is 24.6 Å². The highest BCUT2D eigenvalue weighted by Crippen LogP contribution is 2.29. The van der Waals surface area contributed by atoms with Crippen LogP contribution >= 0.6 is 11.8 Å². The molecule has 4 N–H and O–H groups in total. The molecule has 3 fully saturated rings. The van der Waals surface area contributed by atoms with Gasteiger partial charge in [0, 0.05) is 26.0 Å². The minimum atomic E-state index is -0.880. The van der Waals surface area contributed by atoms with Gasteiger partial charge in [-0.3, -0.25) is 4.84 Å². The van der Waals surface area contributed by atoms with Gasteiger partial charge in [0.05, 0.1) is 55.0 Å². The fourth-order valence-corrected chi connectivity index (χ4v) is 5.59. The molecule has 3 saturated heterocycles. The summed E-state index contributed by atoms with van der Waals surface area (Å²) in [6.45, 7) is 8.66. The van der Waals surface area contributed by atoms with Gasteiger partial charge in [-0.1, -0.05) is 13.8 Å². The second kappa shape index (κ2) is 12.8. The molecule has 0 bridgehead atoms.